The van der Waals surface area contributed by atoms with Gasteiger partial charge in [-0.2, -0.15) is 0 Å². The highest BCUT2D eigenvalue weighted by atomic mass is 15.2. The fourth-order valence-corrected chi connectivity index (χ4v) is 19.3. The van der Waals surface area contributed by atoms with Crippen molar-refractivity contribution in [3.8, 4) is 33.4 Å². The Morgan fingerprint density at radius 3 is 1.79 bits per heavy atom. The second-order valence-corrected chi connectivity index (χ2v) is 30.7. The van der Waals surface area contributed by atoms with Gasteiger partial charge >= 0.3 is 6.85 Å². The average Bonchev–Trinajstić information content (AvgIpc) is 3.12. The molecule has 4 bridgehead atoms. The van der Waals surface area contributed by atoms with E-state index in [0.29, 0.717) is 0 Å². The van der Waals surface area contributed by atoms with Crippen LogP contribution in [0.15, 0.2) is 133 Å². The van der Waals surface area contributed by atoms with Gasteiger partial charge in [-0.15, -0.1) is 0 Å². The molecule has 8 aromatic rings. The molecule has 4 saturated carbocycles. The minimum Gasteiger partial charge on any atom is -0.375 e. The summed E-state index contributed by atoms with van der Waals surface area (Å²) in [6, 6.07) is 52.7. The van der Waals surface area contributed by atoms with Crippen molar-refractivity contribution < 1.29 is 0 Å². The fourth-order valence-electron chi connectivity index (χ4n) is 19.3. The third kappa shape index (κ3) is 7.24. The van der Waals surface area contributed by atoms with Crippen LogP contribution in [-0.2, 0) is 32.5 Å². The lowest BCUT2D eigenvalue weighted by Gasteiger charge is -2.46. The van der Waals surface area contributed by atoms with Crippen molar-refractivity contribution in [2.45, 2.75) is 204 Å². The molecular formula is C78H85BN2. The first kappa shape index (κ1) is 50.7. The van der Waals surface area contributed by atoms with Crippen LogP contribution in [0.5, 0.6) is 0 Å². The van der Waals surface area contributed by atoms with Gasteiger partial charge in [-0.05, 0) is 223 Å². The number of hydrogen-bond acceptors (Lipinski definition) is 1. The van der Waals surface area contributed by atoms with E-state index >= 15 is 0 Å². The summed E-state index contributed by atoms with van der Waals surface area (Å²) < 4.78 is 2.96. The third-order valence-electron chi connectivity index (χ3n) is 23.7. The lowest BCUT2D eigenvalue weighted by atomic mass is 9.43. The van der Waals surface area contributed by atoms with Crippen LogP contribution >= 0.6 is 0 Å². The number of benzene rings is 7. The Bertz CT molecular complexity index is 4000. The summed E-state index contributed by atoms with van der Waals surface area (Å²) in [6.45, 7) is 24.7. The van der Waals surface area contributed by atoms with Gasteiger partial charge in [-0.1, -0.05) is 193 Å². The van der Waals surface area contributed by atoms with Gasteiger partial charge in [0.05, 0.1) is 5.69 Å². The molecule has 0 saturated heterocycles. The van der Waals surface area contributed by atoms with Crippen LogP contribution in [0.25, 0.3) is 60.7 Å². The number of allylic oxidation sites excluding steroid dienone is 1. The molecule has 0 unspecified atom stereocenters. The second-order valence-electron chi connectivity index (χ2n) is 30.7. The van der Waals surface area contributed by atoms with Crippen LogP contribution in [-0.4, -0.2) is 11.3 Å². The van der Waals surface area contributed by atoms with Crippen LogP contribution in [0.4, 0.5) is 11.4 Å². The molecule has 3 heterocycles. The predicted octanol–water partition coefficient (Wildman–Crippen LogP) is 20.4. The number of aryl methyl sites for hydroxylation is 1. The Morgan fingerprint density at radius 1 is 0.494 bits per heavy atom. The summed E-state index contributed by atoms with van der Waals surface area (Å²) >= 11 is 0. The quantitative estimate of drug-likeness (QED) is 0.156. The molecular weight excluding hydrogens is 976 g/mol. The Labute approximate surface area is 485 Å². The van der Waals surface area contributed by atoms with Gasteiger partial charge in [0.2, 0.25) is 0 Å². The molecule has 0 radical (unpaired) electrons. The summed E-state index contributed by atoms with van der Waals surface area (Å²) in [5.74, 6) is 1.72. The Morgan fingerprint density at radius 2 is 1.12 bits per heavy atom. The number of aromatic nitrogens is 1. The smallest absolute Gasteiger partial charge is 0.333 e. The molecule has 81 heavy (non-hydrogen) atoms. The first-order valence-corrected chi connectivity index (χ1v) is 32.2. The van der Waals surface area contributed by atoms with Crippen LogP contribution in [0.2, 0.25) is 0 Å². The van der Waals surface area contributed by atoms with Crippen molar-refractivity contribution in [2.75, 3.05) is 4.90 Å². The first-order valence-electron chi connectivity index (χ1n) is 32.2. The lowest BCUT2D eigenvalue weighted by molar-refractivity contribution is 0.149. The largest absolute Gasteiger partial charge is 0.375 e. The fraction of sp³-hybridized carbons (Fsp3) is 0.436. The summed E-state index contributed by atoms with van der Waals surface area (Å²) in [5, 5.41) is 3.01. The van der Waals surface area contributed by atoms with Crippen molar-refractivity contribution >= 4 is 51.0 Å². The van der Waals surface area contributed by atoms with Gasteiger partial charge in [-0.3, -0.25) is 0 Å². The van der Waals surface area contributed by atoms with E-state index in [1.165, 1.54) is 208 Å². The minimum absolute atomic E-state index is 0.0292. The highest BCUT2D eigenvalue weighted by Gasteiger charge is 2.55. The standard InChI is InChI=1S/C78H85BN2/c1-48-20-14-15-27-56(48)52-38-59-61-43-55(78-34-18-23-50(47-78)24-19-35-78)42-60-58-41-54(77-32-16-21-49(46-77)22-17-33-77)29-31-67(58)81(71(60)61)79-69(59)68(39-52)80(66-30-28-53(73(2,3)4)40-57(66)51-25-12-11-13-26-51)72-70(79)62-44-64-65(45-63(62)76(72,9)10)75(7,8)37-36-74(64,5)6/h11-15,20,25-31,38-45,49-50H,16-19,21-24,32-37,46-47H2,1-10H3. The molecule has 16 rings (SSSR count). The van der Waals surface area contributed by atoms with Gasteiger partial charge in [0, 0.05) is 49.7 Å². The van der Waals surface area contributed by atoms with Crippen LogP contribution in [0.1, 0.15) is 210 Å². The molecule has 410 valence electrons. The van der Waals surface area contributed by atoms with E-state index in [-0.39, 0.29) is 39.3 Å². The van der Waals surface area contributed by atoms with Crippen molar-refractivity contribution in [1.82, 2.24) is 4.48 Å². The molecule has 2 aliphatic heterocycles. The van der Waals surface area contributed by atoms with E-state index in [4.69, 9.17) is 0 Å². The predicted molar refractivity (Wildman–Crippen MR) is 345 cm³/mol. The summed E-state index contributed by atoms with van der Waals surface area (Å²) in [7, 11) is 0. The van der Waals surface area contributed by atoms with E-state index in [1.54, 1.807) is 22.3 Å². The van der Waals surface area contributed by atoms with Crippen LogP contribution < -0.4 is 10.4 Å². The molecule has 0 spiro atoms. The van der Waals surface area contributed by atoms with E-state index < -0.39 is 0 Å². The molecule has 7 aromatic carbocycles. The zero-order valence-electron chi connectivity index (χ0n) is 50.6. The van der Waals surface area contributed by atoms with Crippen LogP contribution in [0, 0.1) is 18.8 Å². The monoisotopic (exact) mass is 1060 g/mol. The lowest BCUT2D eigenvalue weighted by Crippen LogP contribution is -2.50. The molecule has 0 N–H and O–H groups in total. The van der Waals surface area contributed by atoms with Crippen molar-refractivity contribution in [1.29, 1.82) is 0 Å². The first-order chi connectivity index (χ1) is 38.8. The molecule has 8 aliphatic rings. The second kappa shape index (κ2) is 17.3. The van der Waals surface area contributed by atoms with Gasteiger partial charge in [0.25, 0.3) is 0 Å². The highest BCUT2D eigenvalue weighted by Crippen LogP contribution is 2.62. The number of anilines is 2. The zero-order chi connectivity index (χ0) is 55.3. The summed E-state index contributed by atoms with van der Waals surface area (Å²) in [6.07, 6.45) is 21.5. The van der Waals surface area contributed by atoms with Crippen LogP contribution in [0.3, 0.4) is 0 Å². The van der Waals surface area contributed by atoms with E-state index in [1.807, 2.05) is 0 Å². The van der Waals surface area contributed by atoms with Gasteiger partial charge < -0.3 is 9.38 Å². The van der Waals surface area contributed by atoms with E-state index in [2.05, 4.69) is 206 Å². The van der Waals surface area contributed by atoms with E-state index in [9.17, 15) is 0 Å². The van der Waals surface area contributed by atoms with Gasteiger partial charge in [0.15, 0.2) is 0 Å². The Hall–Kier alpha value is -6.06. The Balaban J connectivity index is 1.08. The van der Waals surface area contributed by atoms with E-state index in [0.717, 1.165) is 11.8 Å². The minimum atomic E-state index is -0.348. The SMILES string of the molecule is Cc1ccccc1-c1cc2c3c(c1)N(c1ccc(C(C)(C)C)cc1-c1ccccc1)C1=C(B3n3c4ccc(C56CCCC(CCC5)C6)cc4c4cc(C56CCCC(CCC5)C6)cc-2c43)c2cc3c(cc2C1(C)C)C(C)(C)CCC3(C)C. The number of rotatable bonds is 5. The van der Waals surface area contributed by atoms with Crippen molar-refractivity contribution in [3.05, 3.63) is 178 Å². The van der Waals surface area contributed by atoms with Gasteiger partial charge in [0.1, 0.15) is 0 Å². The maximum absolute atomic E-state index is 2.96. The molecule has 1 aromatic heterocycles. The highest BCUT2D eigenvalue weighted by molar-refractivity contribution is 6.93. The molecule has 6 aliphatic carbocycles. The number of nitrogens with zero attached hydrogens (tertiary/aromatic N) is 2. The molecule has 4 fully saturated rings. The Kier molecular flexibility index (Phi) is 10.8. The molecule has 2 nitrogen and oxygen atoms in total. The third-order valence-corrected chi connectivity index (χ3v) is 23.7. The number of hydrogen-bond donors (Lipinski definition) is 0. The number of fused-ring (bicyclic) bond motifs is 13. The zero-order valence-corrected chi connectivity index (χ0v) is 50.6. The molecule has 3 heteroatoms. The maximum atomic E-state index is 2.96. The molecule has 0 atom stereocenters. The van der Waals surface area contributed by atoms with Crippen molar-refractivity contribution in [2.24, 2.45) is 11.8 Å². The maximum Gasteiger partial charge on any atom is 0.333 e. The van der Waals surface area contributed by atoms with Gasteiger partial charge in [-0.25, -0.2) is 0 Å². The topological polar surface area (TPSA) is 8.17 Å². The summed E-state index contributed by atoms with van der Waals surface area (Å²) in [4.78, 5) is 2.86. The van der Waals surface area contributed by atoms with Crippen molar-refractivity contribution in [3.63, 3.8) is 0 Å². The molecule has 0 amide bonds. The normalized spacial score (nSPS) is 25.4. The average molecular weight is 1060 g/mol. The summed E-state index contributed by atoms with van der Waals surface area (Å²) in [5.41, 5.74) is 30.3.